The van der Waals surface area contributed by atoms with Gasteiger partial charge in [-0.2, -0.15) is 0 Å². The summed E-state index contributed by atoms with van der Waals surface area (Å²) in [6, 6.07) is 6.70. The summed E-state index contributed by atoms with van der Waals surface area (Å²) < 4.78 is 34.7. The molecule has 5 nitrogen and oxygen atoms in total. The van der Waals surface area contributed by atoms with E-state index >= 15 is 0 Å². The van der Waals surface area contributed by atoms with Gasteiger partial charge in [-0.25, -0.2) is 8.78 Å². The Morgan fingerprint density at radius 1 is 1.43 bits per heavy atom. The molecule has 1 aliphatic heterocycles. The first-order valence-corrected chi connectivity index (χ1v) is 7.21. The fourth-order valence-corrected chi connectivity index (χ4v) is 2.28. The number of halogens is 3. The fraction of sp³-hybridized carbons (Fsp3) is 0.533. The third-order valence-corrected chi connectivity index (χ3v) is 3.40. The van der Waals surface area contributed by atoms with E-state index < -0.39 is 19.1 Å². The van der Waals surface area contributed by atoms with Crippen molar-refractivity contribution in [3.05, 3.63) is 29.8 Å². The van der Waals surface area contributed by atoms with Crippen LogP contribution in [0, 0.1) is 0 Å². The van der Waals surface area contributed by atoms with Crippen molar-refractivity contribution in [1.82, 2.24) is 5.32 Å². The molecule has 0 aromatic heterocycles. The molecule has 1 aromatic rings. The molecule has 0 aliphatic carbocycles. The Bertz CT molecular complexity index is 505. The highest BCUT2D eigenvalue weighted by atomic mass is 35.5. The number of alkyl halides is 2. The zero-order valence-corrected chi connectivity index (χ0v) is 13.4. The standard InChI is InChI=1S/C15H20F2N2O3.ClH/c16-14(17)9-21-11-3-1-2-10(6-11)8-19-15(20)13-5-4-12(7-18)22-13;/h1-3,6,12-14H,4-5,7-9,18H2,(H,19,20);1H/t12-,13+;/m1./s1. The van der Waals surface area contributed by atoms with Gasteiger partial charge in [0.25, 0.3) is 6.43 Å². The minimum Gasteiger partial charge on any atom is -0.488 e. The molecule has 1 fully saturated rings. The van der Waals surface area contributed by atoms with Crippen LogP contribution in [0.25, 0.3) is 0 Å². The predicted octanol–water partition coefficient (Wildman–Crippen LogP) is 1.87. The summed E-state index contributed by atoms with van der Waals surface area (Å²) in [5.74, 6) is 0.169. The van der Waals surface area contributed by atoms with Crippen molar-refractivity contribution in [1.29, 1.82) is 0 Å². The van der Waals surface area contributed by atoms with Gasteiger partial charge in [0.05, 0.1) is 6.10 Å². The lowest BCUT2D eigenvalue weighted by Crippen LogP contribution is -2.35. The third kappa shape index (κ3) is 6.29. The Hall–Kier alpha value is -1.44. The highest BCUT2D eigenvalue weighted by Crippen LogP contribution is 2.19. The molecule has 2 rings (SSSR count). The summed E-state index contributed by atoms with van der Waals surface area (Å²) in [5.41, 5.74) is 6.28. The molecule has 0 spiro atoms. The zero-order valence-electron chi connectivity index (χ0n) is 12.5. The minimum atomic E-state index is -2.52. The van der Waals surface area contributed by atoms with Gasteiger partial charge in [-0.1, -0.05) is 12.1 Å². The average molecular weight is 351 g/mol. The second-order valence-electron chi connectivity index (χ2n) is 5.13. The Kier molecular flexibility index (Phi) is 8.22. The van der Waals surface area contributed by atoms with Crippen LogP contribution in [-0.2, 0) is 16.1 Å². The van der Waals surface area contributed by atoms with E-state index in [-0.39, 0.29) is 31.0 Å². The molecule has 1 aromatic carbocycles. The van der Waals surface area contributed by atoms with Crippen molar-refractivity contribution < 1.29 is 23.0 Å². The SMILES string of the molecule is Cl.NC[C@H]1CC[C@@H](C(=O)NCc2cccc(OCC(F)F)c2)O1. The Balaban J connectivity index is 0.00000264. The van der Waals surface area contributed by atoms with Crippen molar-refractivity contribution >= 4 is 18.3 Å². The van der Waals surface area contributed by atoms with E-state index in [9.17, 15) is 13.6 Å². The van der Waals surface area contributed by atoms with E-state index in [1.807, 2.05) is 0 Å². The summed E-state index contributed by atoms with van der Waals surface area (Å²) in [4.78, 5) is 12.0. The van der Waals surface area contributed by atoms with Crippen LogP contribution in [0.5, 0.6) is 5.75 Å². The van der Waals surface area contributed by atoms with Crippen LogP contribution in [0.4, 0.5) is 8.78 Å². The van der Waals surface area contributed by atoms with E-state index in [0.717, 1.165) is 12.0 Å². The van der Waals surface area contributed by atoms with Crippen molar-refractivity contribution in [2.24, 2.45) is 5.73 Å². The topological polar surface area (TPSA) is 73.6 Å². The van der Waals surface area contributed by atoms with Gasteiger partial charge in [-0.05, 0) is 30.5 Å². The highest BCUT2D eigenvalue weighted by Gasteiger charge is 2.29. The van der Waals surface area contributed by atoms with Crippen molar-refractivity contribution in [2.75, 3.05) is 13.2 Å². The summed E-state index contributed by atoms with van der Waals surface area (Å²) in [5, 5.41) is 2.77. The molecule has 3 N–H and O–H groups in total. The van der Waals surface area contributed by atoms with Crippen molar-refractivity contribution in [3.8, 4) is 5.75 Å². The second kappa shape index (κ2) is 9.64. The number of ether oxygens (including phenoxy) is 2. The van der Waals surface area contributed by atoms with E-state index in [1.54, 1.807) is 24.3 Å². The molecule has 0 bridgehead atoms. The van der Waals surface area contributed by atoms with Gasteiger partial charge in [-0.3, -0.25) is 4.79 Å². The van der Waals surface area contributed by atoms with Crippen LogP contribution in [0.3, 0.4) is 0 Å². The lowest BCUT2D eigenvalue weighted by molar-refractivity contribution is -0.132. The summed E-state index contributed by atoms with van der Waals surface area (Å²) in [6.07, 6.45) is -1.59. The number of amides is 1. The largest absolute Gasteiger partial charge is 0.488 e. The monoisotopic (exact) mass is 350 g/mol. The van der Waals surface area contributed by atoms with Gasteiger partial charge < -0.3 is 20.5 Å². The van der Waals surface area contributed by atoms with Crippen LogP contribution >= 0.6 is 12.4 Å². The van der Waals surface area contributed by atoms with Gasteiger partial charge in [0.15, 0.2) is 0 Å². The molecule has 1 heterocycles. The number of carbonyl (C=O) groups is 1. The van der Waals surface area contributed by atoms with Gasteiger partial charge in [0.1, 0.15) is 18.5 Å². The van der Waals surface area contributed by atoms with Gasteiger partial charge >= 0.3 is 0 Å². The van der Waals surface area contributed by atoms with Crippen LogP contribution in [0.1, 0.15) is 18.4 Å². The van der Waals surface area contributed by atoms with E-state index in [2.05, 4.69) is 5.32 Å². The zero-order chi connectivity index (χ0) is 15.9. The first-order chi connectivity index (χ1) is 10.6. The molecule has 23 heavy (non-hydrogen) atoms. The fourth-order valence-electron chi connectivity index (χ4n) is 2.28. The molecule has 2 atom stereocenters. The maximum atomic E-state index is 12.1. The lowest BCUT2D eigenvalue weighted by atomic mass is 10.1. The molecule has 8 heteroatoms. The van der Waals surface area contributed by atoms with Gasteiger partial charge in [-0.15, -0.1) is 12.4 Å². The van der Waals surface area contributed by atoms with Crippen LogP contribution in [0.15, 0.2) is 24.3 Å². The Morgan fingerprint density at radius 3 is 2.87 bits per heavy atom. The number of carbonyl (C=O) groups excluding carboxylic acids is 1. The molecular formula is C15H21ClF2N2O3. The molecule has 1 aliphatic rings. The minimum absolute atomic E-state index is 0. The van der Waals surface area contributed by atoms with Crippen LogP contribution in [-0.4, -0.2) is 37.7 Å². The van der Waals surface area contributed by atoms with Crippen LogP contribution < -0.4 is 15.8 Å². The molecule has 1 saturated heterocycles. The number of rotatable bonds is 7. The average Bonchev–Trinajstić information content (AvgIpc) is 3.00. The summed E-state index contributed by atoms with van der Waals surface area (Å²) >= 11 is 0. The van der Waals surface area contributed by atoms with E-state index in [4.69, 9.17) is 15.2 Å². The smallest absolute Gasteiger partial charge is 0.272 e. The van der Waals surface area contributed by atoms with Gasteiger partial charge in [0, 0.05) is 13.1 Å². The molecule has 0 saturated carbocycles. The number of nitrogens with two attached hydrogens (primary N) is 1. The molecule has 0 radical (unpaired) electrons. The second-order valence-corrected chi connectivity index (χ2v) is 5.13. The molecular weight excluding hydrogens is 330 g/mol. The Morgan fingerprint density at radius 2 is 2.22 bits per heavy atom. The number of hydrogen-bond acceptors (Lipinski definition) is 4. The highest BCUT2D eigenvalue weighted by molar-refractivity contribution is 5.85. The van der Waals surface area contributed by atoms with Crippen molar-refractivity contribution in [3.63, 3.8) is 0 Å². The van der Waals surface area contributed by atoms with Crippen molar-refractivity contribution in [2.45, 2.75) is 38.0 Å². The first kappa shape index (κ1) is 19.6. The number of nitrogens with one attached hydrogen (secondary N) is 1. The molecule has 130 valence electrons. The maximum absolute atomic E-state index is 12.1. The normalized spacial score (nSPS) is 20.2. The number of benzene rings is 1. The molecule has 1 amide bonds. The van der Waals surface area contributed by atoms with E-state index in [0.29, 0.717) is 18.7 Å². The van der Waals surface area contributed by atoms with Gasteiger partial charge in [0.2, 0.25) is 5.91 Å². The predicted molar refractivity (Wildman–Crippen MR) is 84.0 cm³/mol. The van der Waals surface area contributed by atoms with Crippen LogP contribution in [0.2, 0.25) is 0 Å². The Labute approximate surface area is 139 Å². The lowest BCUT2D eigenvalue weighted by Gasteiger charge is -2.13. The molecule has 0 unspecified atom stereocenters. The maximum Gasteiger partial charge on any atom is 0.272 e. The van der Waals surface area contributed by atoms with E-state index in [1.165, 1.54) is 0 Å². The third-order valence-electron chi connectivity index (χ3n) is 3.40. The quantitative estimate of drug-likeness (QED) is 0.787. The first-order valence-electron chi connectivity index (χ1n) is 7.21. The summed E-state index contributed by atoms with van der Waals surface area (Å²) in [7, 11) is 0. The number of hydrogen-bond donors (Lipinski definition) is 2. The summed E-state index contributed by atoms with van der Waals surface area (Å²) in [6.45, 7) is 0.0529.